The lowest BCUT2D eigenvalue weighted by atomic mass is 10.1. The van der Waals surface area contributed by atoms with Crippen molar-refractivity contribution in [2.45, 2.75) is 31.5 Å². The van der Waals surface area contributed by atoms with E-state index in [-0.39, 0.29) is 22.4 Å². The molecule has 4 atom stereocenters. The molecule has 0 aliphatic carbocycles. The molecule has 0 unspecified atom stereocenters. The normalized spacial score (nSPS) is 19.5. The Kier molecular flexibility index (Phi) is 8.34. The van der Waals surface area contributed by atoms with Crippen molar-refractivity contribution in [3.8, 4) is 0 Å². The lowest BCUT2D eigenvalue weighted by Gasteiger charge is -2.24. The molecule has 0 spiro atoms. The summed E-state index contributed by atoms with van der Waals surface area (Å²) in [6.07, 6.45) is -5.47. The number of nitrogens with one attached hydrogen (secondary N) is 1. The second-order valence-electron chi connectivity index (χ2n) is 9.29. The standard InChI is InChI=1S/C30H25N3O9/c1-18-25(34)31-30(38)33(32-18)26-24(42-29(37)21-15-9-4-10-16-21)23(41-28(36)20-13-7-3-8-14-20)22(40-26)17-39-27(35)19-11-5-2-6-12-19/h2-16,22-24,26H,17H2,1H3,(H,31,34,38)/t22-,23+,24+,26-/m1/s1. The van der Waals surface area contributed by atoms with E-state index in [9.17, 15) is 24.0 Å². The lowest BCUT2D eigenvalue weighted by Crippen LogP contribution is -2.44. The van der Waals surface area contributed by atoms with Crippen molar-refractivity contribution in [2.75, 3.05) is 6.61 Å². The minimum Gasteiger partial charge on any atom is -0.459 e. The Balaban J connectivity index is 1.52. The molecule has 1 N–H and O–H groups in total. The van der Waals surface area contributed by atoms with Crippen LogP contribution in [0, 0.1) is 6.92 Å². The van der Waals surface area contributed by atoms with E-state index in [0.717, 1.165) is 4.68 Å². The Morgan fingerprint density at radius 1 is 0.762 bits per heavy atom. The molecule has 1 aliphatic heterocycles. The molecule has 0 saturated carbocycles. The molecule has 12 nitrogen and oxygen atoms in total. The number of carbonyl (C=O) groups is 3. The van der Waals surface area contributed by atoms with Crippen LogP contribution in [0.25, 0.3) is 0 Å². The van der Waals surface area contributed by atoms with Gasteiger partial charge < -0.3 is 18.9 Å². The van der Waals surface area contributed by atoms with Gasteiger partial charge in [0, 0.05) is 0 Å². The van der Waals surface area contributed by atoms with Crippen LogP contribution in [0.4, 0.5) is 0 Å². The summed E-state index contributed by atoms with van der Waals surface area (Å²) < 4.78 is 23.9. The number of ether oxygens (including phenoxy) is 4. The summed E-state index contributed by atoms with van der Waals surface area (Å²) in [7, 11) is 0. The SMILES string of the molecule is Cc1nn([C@@H]2O[C@H](COC(=O)c3ccccc3)[C@H](OC(=O)c3ccccc3)[C@@H]2OC(=O)c2ccccc2)c(=O)[nH]c1=O. The van der Waals surface area contributed by atoms with Crippen LogP contribution in [0.5, 0.6) is 0 Å². The van der Waals surface area contributed by atoms with Crippen LogP contribution in [-0.4, -0.2) is 57.6 Å². The Morgan fingerprint density at radius 3 is 1.76 bits per heavy atom. The molecule has 42 heavy (non-hydrogen) atoms. The first kappa shape index (κ1) is 28.2. The number of benzene rings is 3. The maximum atomic E-state index is 13.2. The largest absolute Gasteiger partial charge is 0.459 e. The van der Waals surface area contributed by atoms with Crippen LogP contribution in [0.1, 0.15) is 43.0 Å². The molecule has 0 bridgehead atoms. The molecular formula is C30H25N3O9. The van der Waals surface area contributed by atoms with E-state index >= 15 is 0 Å². The van der Waals surface area contributed by atoms with Gasteiger partial charge in [0.2, 0.25) is 0 Å². The van der Waals surface area contributed by atoms with Crippen molar-refractivity contribution in [1.29, 1.82) is 0 Å². The predicted octanol–water partition coefficient (Wildman–Crippen LogP) is 2.45. The van der Waals surface area contributed by atoms with Gasteiger partial charge in [0.1, 0.15) is 18.4 Å². The van der Waals surface area contributed by atoms with Gasteiger partial charge in [-0.2, -0.15) is 9.78 Å². The molecule has 2 heterocycles. The van der Waals surface area contributed by atoms with Crippen molar-refractivity contribution in [3.63, 3.8) is 0 Å². The molecule has 4 aromatic rings. The van der Waals surface area contributed by atoms with Gasteiger partial charge in [0.25, 0.3) is 5.56 Å². The van der Waals surface area contributed by atoms with E-state index in [1.54, 1.807) is 66.7 Å². The van der Waals surface area contributed by atoms with Gasteiger partial charge in [-0.05, 0) is 43.3 Å². The molecule has 5 rings (SSSR count). The average Bonchev–Trinajstić information content (AvgIpc) is 3.34. The second-order valence-corrected chi connectivity index (χ2v) is 9.29. The van der Waals surface area contributed by atoms with Gasteiger partial charge in [0.15, 0.2) is 18.4 Å². The minimum atomic E-state index is -1.46. The zero-order valence-electron chi connectivity index (χ0n) is 22.2. The Hall–Kier alpha value is -5.36. The smallest absolute Gasteiger partial charge is 0.347 e. The molecule has 1 aromatic heterocycles. The number of carbonyl (C=O) groups excluding carboxylic acids is 3. The summed E-state index contributed by atoms with van der Waals surface area (Å²) in [6.45, 7) is 0.939. The predicted molar refractivity (Wildman–Crippen MR) is 146 cm³/mol. The number of H-pyrrole nitrogens is 1. The van der Waals surface area contributed by atoms with Crippen LogP contribution >= 0.6 is 0 Å². The lowest BCUT2D eigenvalue weighted by molar-refractivity contribution is -0.0701. The molecule has 3 aromatic carbocycles. The second kappa shape index (κ2) is 12.4. The number of hydrogen-bond acceptors (Lipinski definition) is 10. The number of aromatic amines is 1. The highest BCUT2D eigenvalue weighted by Crippen LogP contribution is 2.34. The van der Waals surface area contributed by atoms with Gasteiger partial charge in [-0.25, -0.2) is 19.2 Å². The Labute approximate surface area is 238 Å². The van der Waals surface area contributed by atoms with E-state index in [4.69, 9.17) is 18.9 Å². The zero-order valence-corrected chi connectivity index (χ0v) is 22.2. The van der Waals surface area contributed by atoms with Crippen molar-refractivity contribution in [1.82, 2.24) is 14.8 Å². The third-order valence-electron chi connectivity index (χ3n) is 6.43. The number of hydrogen-bond donors (Lipinski definition) is 1. The summed E-state index contributed by atoms with van der Waals surface area (Å²) in [5, 5.41) is 4.03. The Morgan fingerprint density at radius 2 is 1.24 bits per heavy atom. The fourth-order valence-electron chi connectivity index (χ4n) is 4.32. The van der Waals surface area contributed by atoms with E-state index in [2.05, 4.69) is 10.1 Å². The highest BCUT2D eigenvalue weighted by molar-refractivity contribution is 5.91. The highest BCUT2D eigenvalue weighted by atomic mass is 16.7. The van der Waals surface area contributed by atoms with Crippen LogP contribution in [0.2, 0.25) is 0 Å². The van der Waals surface area contributed by atoms with Gasteiger partial charge in [-0.1, -0.05) is 54.6 Å². The first-order valence-corrected chi connectivity index (χ1v) is 12.9. The number of aryl methyl sites for hydroxylation is 1. The first-order valence-electron chi connectivity index (χ1n) is 12.9. The summed E-state index contributed by atoms with van der Waals surface area (Å²) >= 11 is 0. The summed E-state index contributed by atoms with van der Waals surface area (Å²) in [4.78, 5) is 66.0. The van der Waals surface area contributed by atoms with Crippen LogP contribution in [-0.2, 0) is 18.9 Å². The van der Waals surface area contributed by atoms with Crippen molar-refractivity contribution in [2.24, 2.45) is 0 Å². The topological polar surface area (TPSA) is 156 Å². The number of rotatable bonds is 8. The molecule has 12 heteroatoms. The Bertz CT molecular complexity index is 1690. The van der Waals surface area contributed by atoms with Crippen LogP contribution < -0.4 is 11.2 Å². The minimum absolute atomic E-state index is 0.0666. The van der Waals surface area contributed by atoms with Gasteiger partial charge in [-0.3, -0.25) is 9.78 Å². The summed E-state index contributed by atoms with van der Waals surface area (Å²) in [6, 6.07) is 24.3. The van der Waals surface area contributed by atoms with E-state index < -0.39 is 60.3 Å². The van der Waals surface area contributed by atoms with Crippen LogP contribution in [0.3, 0.4) is 0 Å². The molecule has 1 saturated heterocycles. The highest BCUT2D eigenvalue weighted by Gasteiger charge is 2.52. The molecule has 0 radical (unpaired) electrons. The maximum absolute atomic E-state index is 13.2. The van der Waals surface area contributed by atoms with Crippen LogP contribution in [0.15, 0.2) is 101 Å². The van der Waals surface area contributed by atoms with Gasteiger partial charge in [-0.15, -0.1) is 0 Å². The summed E-state index contributed by atoms with van der Waals surface area (Å²) in [5.41, 5.74) is -1.08. The monoisotopic (exact) mass is 571 g/mol. The molecule has 0 amide bonds. The third-order valence-corrected chi connectivity index (χ3v) is 6.43. The van der Waals surface area contributed by atoms with Crippen molar-refractivity contribution < 1.29 is 33.3 Å². The van der Waals surface area contributed by atoms with E-state index in [1.807, 2.05) is 0 Å². The maximum Gasteiger partial charge on any atom is 0.347 e. The molecule has 1 aliphatic rings. The average molecular weight is 572 g/mol. The zero-order chi connectivity index (χ0) is 29.6. The van der Waals surface area contributed by atoms with Gasteiger partial charge >= 0.3 is 23.6 Å². The summed E-state index contributed by atoms with van der Waals surface area (Å²) in [5.74, 6) is -2.25. The van der Waals surface area contributed by atoms with Crippen molar-refractivity contribution in [3.05, 3.63) is 134 Å². The van der Waals surface area contributed by atoms with Gasteiger partial charge in [0.05, 0.1) is 16.7 Å². The quantitative estimate of drug-likeness (QED) is 0.246. The van der Waals surface area contributed by atoms with E-state index in [0.29, 0.717) is 0 Å². The van der Waals surface area contributed by atoms with E-state index in [1.165, 1.54) is 31.2 Å². The number of aromatic nitrogens is 3. The molecular weight excluding hydrogens is 546 g/mol. The molecule has 1 fully saturated rings. The third kappa shape index (κ3) is 6.18. The first-order chi connectivity index (χ1) is 20.3. The number of esters is 3. The fourth-order valence-corrected chi connectivity index (χ4v) is 4.32. The van der Waals surface area contributed by atoms with Crippen molar-refractivity contribution >= 4 is 17.9 Å². The number of nitrogens with zero attached hydrogens (tertiary/aromatic N) is 2. The molecule has 214 valence electrons. The fraction of sp³-hybridized carbons (Fsp3) is 0.200.